The van der Waals surface area contributed by atoms with Gasteiger partial charge in [0.25, 0.3) is 0 Å². The van der Waals surface area contributed by atoms with Crippen LogP contribution in [-0.2, 0) is 0 Å². The molecule has 0 unspecified atom stereocenters. The molecular formula is C60H40N2S2. The van der Waals surface area contributed by atoms with E-state index >= 15 is 0 Å². The van der Waals surface area contributed by atoms with E-state index < -0.39 is 0 Å². The van der Waals surface area contributed by atoms with E-state index in [0.717, 1.165) is 45.3 Å². The molecule has 0 bridgehead atoms. The van der Waals surface area contributed by atoms with Crippen LogP contribution < -0.4 is 9.80 Å². The van der Waals surface area contributed by atoms with Crippen molar-refractivity contribution >= 4 is 97.1 Å². The van der Waals surface area contributed by atoms with Crippen molar-refractivity contribution in [2.24, 2.45) is 0 Å². The first-order valence-corrected chi connectivity index (χ1v) is 23.3. The van der Waals surface area contributed by atoms with Crippen LogP contribution in [0, 0.1) is 0 Å². The summed E-state index contributed by atoms with van der Waals surface area (Å²) in [5, 5.41) is 5.07. The summed E-state index contributed by atoms with van der Waals surface area (Å²) in [7, 11) is 0. The van der Waals surface area contributed by atoms with Crippen LogP contribution in [0.25, 0.3) is 73.7 Å². The molecule has 302 valence electrons. The maximum absolute atomic E-state index is 2.47. The Labute approximate surface area is 380 Å². The fourth-order valence-electron chi connectivity index (χ4n) is 9.41. The fraction of sp³-hybridized carbons (Fsp3) is 0. The first-order valence-electron chi connectivity index (χ1n) is 21.7. The van der Waals surface area contributed by atoms with Gasteiger partial charge in [0.2, 0.25) is 0 Å². The van der Waals surface area contributed by atoms with Crippen molar-refractivity contribution in [3.63, 3.8) is 0 Å². The van der Waals surface area contributed by atoms with Crippen LogP contribution in [0.15, 0.2) is 243 Å². The highest BCUT2D eigenvalue weighted by atomic mass is 32.1. The normalized spacial score (nSPS) is 11.4. The number of rotatable bonds is 9. The molecule has 2 aromatic heterocycles. The van der Waals surface area contributed by atoms with Crippen molar-refractivity contribution in [2.45, 2.75) is 0 Å². The zero-order valence-corrected chi connectivity index (χ0v) is 36.4. The van der Waals surface area contributed by atoms with E-state index in [4.69, 9.17) is 0 Å². The molecular weight excluding hydrogens is 813 g/mol. The molecule has 0 aliphatic heterocycles. The van der Waals surface area contributed by atoms with Gasteiger partial charge >= 0.3 is 0 Å². The third-order valence-corrected chi connectivity index (χ3v) is 14.5. The van der Waals surface area contributed by atoms with Crippen LogP contribution in [0.3, 0.4) is 0 Å². The molecule has 12 aromatic rings. The van der Waals surface area contributed by atoms with Gasteiger partial charge in [0.15, 0.2) is 0 Å². The molecule has 0 spiro atoms. The first kappa shape index (κ1) is 38.0. The van der Waals surface area contributed by atoms with Crippen molar-refractivity contribution in [1.29, 1.82) is 0 Å². The lowest BCUT2D eigenvalue weighted by atomic mass is 9.98. The summed E-state index contributed by atoms with van der Waals surface area (Å²) in [4.78, 5) is 4.95. The molecule has 0 aliphatic carbocycles. The highest BCUT2D eigenvalue weighted by Gasteiger charge is 2.24. The van der Waals surface area contributed by atoms with E-state index in [1.54, 1.807) is 0 Å². The molecule has 0 saturated heterocycles. The molecule has 10 aromatic carbocycles. The van der Waals surface area contributed by atoms with Gasteiger partial charge in [0.1, 0.15) is 0 Å². The van der Waals surface area contributed by atoms with Gasteiger partial charge in [-0.2, -0.15) is 0 Å². The molecule has 12 rings (SSSR count). The maximum atomic E-state index is 2.47. The Bertz CT molecular complexity index is 3400. The summed E-state index contributed by atoms with van der Waals surface area (Å²) in [5.74, 6) is 0. The van der Waals surface area contributed by atoms with E-state index in [-0.39, 0.29) is 0 Å². The van der Waals surface area contributed by atoms with Gasteiger partial charge in [-0.1, -0.05) is 170 Å². The standard InChI is InChI=1S/C60H40N2S2/c1-3-19-41(20-4-1)47-27-7-11-31-51(47)61(53-33-17-37-57-59(53)49-29-9-13-35-55(49)63-57)45-25-15-23-43(39-45)44-24-16-26-46(40-44)62(52-32-12-8-28-48(52)42-21-5-2-6-22-42)54-34-18-38-58-60(54)50-30-10-14-36-56(50)64-58/h1-40H. The number of hydrogen-bond donors (Lipinski definition) is 0. The molecule has 4 heteroatoms. The number of fused-ring (bicyclic) bond motifs is 6. The predicted molar refractivity (Wildman–Crippen MR) is 278 cm³/mol. The summed E-state index contributed by atoms with van der Waals surface area (Å²) in [6.07, 6.45) is 0. The van der Waals surface area contributed by atoms with Crippen LogP contribution in [0.2, 0.25) is 0 Å². The van der Waals surface area contributed by atoms with Gasteiger partial charge in [-0.05, 0) is 95.1 Å². The second-order valence-electron chi connectivity index (χ2n) is 16.0. The van der Waals surface area contributed by atoms with Crippen LogP contribution in [-0.4, -0.2) is 0 Å². The number of benzene rings is 10. The lowest BCUT2D eigenvalue weighted by Gasteiger charge is -2.30. The van der Waals surface area contributed by atoms with Gasteiger partial charge < -0.3 is 9.80 Å². The number of nitrogens with zero attached hydrogens (tertiary/aromatic N) is 2. The summed E-state index contributed by atoms with van der Waals surface area (Å²) in [6, 6.07) is 88.4. The highest BCUT2D eigenvalue weighted by Crippen LogP contribution is 2.50. The number of para-hydroxylation sites is 2. The monoisotopic (exact) mass is 852 g/mol. The summed E-state index contributed by atoms with van der Waals surface area (Å²) < 4.78 is 5.12. The van der Waals surface area contributed by atoms with Gasteiger partial charge in [-0.25, -0.2) is 0 Å². The van der Waals surface area contributed by atoms with E-state index in [1.165, 1.54) is 62.6 Å². The van der Waals surface area contributed by atoms with Crippen LogP contribution in [0.5, 0.6) is 0 Å². The average Bonchev–Trinajstić information content (AvgIpc) is 3.95. The van der Waals surface area contributed by atoms with Crippen molar-refractivity contribution in [1.82, 2.24) is 0 Å². The molecule has 0 aliphatic rings. The minimum absolute atomic E-state index is 1.09. The summed E-state index contributed by atoms with van der Waals surface area (Å²) in [5.41, 5.74) is 13.7. The number of hydrogen-bond acceptors (Lipinski definition) is 4. The van der Waals surface area contributed by atoms with E-state index in [2.05, 4.69) is 252 Å². The van der Waals surface area contributed by atoms with Gasteiger partial charge in [-0.15, -0.1) is 22.7 Å². The van der Waals surface area contributed by atoms with Crippen molar-refractivity contribution in [2.75, 3.05) is 9.80 Å². The molecule has 0 fully saturated rings. The Morgan fingerprint density at radius 3 is 1.06 bits per heavy atom. The Kier molecular flexibility index (Phi) is 9.59. The quantitative estimate of drug-likeness (QED) is 0.143. The van der Waals surface area contributed by atoms with Crippen LogP contribution >= 0.6 is 22.7 Å². The zero-order valence-electron chi connectivity index (χ0n) is 34.8. The number of thiophene rings is 2. The summed E-state index contributed by atoms with van der Waals surface area (Å²) in [6.45, 7) is 0. The lowest BCUT2D eigenvalue weighted by molar-refractivity contribution is 1.29. The molecule has 0 radical (unpaired) electrons. The summed E-state index contributed by atoms with van der Waals surface area (Å²) >= 11 is 3.71. The second kappa shape index (κ2) is 16.2. The van der Waals surface area contributed by atoms with Crippen LogP contribution in [0.4, 0.5) is 34.1 Å². The molecule has 64 heavy (non-hydrogen) atoms. The highest BCUT2D eigenvalue weighted by molar-refractivity contribution is 7.26. The Hall–Kier alpha value is -7.76. The van der Waals surface area contributed by atoms with E-state index in [9.17, 15) is 0 Å². The SMILES string of the molecule is c1ccc(-c2ccccc2N(c2cccc(-c3cccc(N(c4ccccc4-c4ccccc4)c4cccc5sc6ccccc6c45)c3)c2)c2cccc3sc4ccccc4c23)cc1. The van der Waals surface area contributed by atoms with E-state index in [1.807, 2.05) is 22.7 Å². The van der Waals surface area contributed by atoms with Gasteiger partial charge in [-0.3, -0.25) is 0 Å². The smallest absolute Gasteiger partial charge is 0.0555 e. The van der Waals surface area contributed by atoms with Gasteiger partial charge in [0, 0.05) is 62.8 Å². The largest absolute Gasteiger partial charge is 0.309 e. The third-order valence-electron chi connectivity index (χ3n) is 12.2. The minimum Gasteiger partial charge on any atom is -0.309 e. The van der Waals surface area contributed by atoms with Crippen LogP contribution in [0.1, 0.15) is 0 Å². The van der Waals surface area contributed by atoms with Crippen molar-refractivity contribution in [3.8, 4) is 33.4 Å². The maximum Gasteiger partial charge on any atom is 0.0555 e. The Balaban J connectivity index is 1.06. The zero-order chi connectivity index (χ0) is 42.4. The molecule has 2 heterocycles. The van der Waals surface area contributed by atoms with Gasteiger partial charge in [0.05, 0.1) is 22.7 Å². The van der Waals surface area contributed by atoms with Crippen molar-refractivity contribution in [3.05, 3.63) is 243 Å². The molecule has 0 saturated carbocycles. The molecule has 0 amide bonds. The Morgan fingerprint density at radius 2 is 0.594 bits per heavy atom. The number of anilines is 6. The molecule has 0 atom stereocenters. The average molecular weight is 853 g/mol. The van der Waals surface area contributed by atoms with E-state index in [0.29, 0.717) is 0 Å². The lowest BCUT2D eigenvalue weighted by Crippen LogP contribution is -2.12. The minimum atomic E-state index is 1.09. The first-order chi connectivity index (χ1) is 31.8. The molecule has 2 nitrogen and oxygen atoms in total. The Morgan fingerprint density at radius 1 is 0.250 bits per heavy atom. The second-order valence-corrected chi connectivity index (χ2v) is 18.2. The van der Waals surface area contributed by atoms with Crippen molar-refractivity contribution < 1.29 is 0 Å². The topological polar surface area (TPSA) is 6.48 Å². The predicted octanol–water partition coefficient (Wildman–Crippen LogP) is 18.4. The molecule has 0 N–H and O–H groups in total. The third kappa shape index (κ3) is 6.63. The fourth-order valence-corrected chi connectivity index (χ4v) is 11.7.